The number of fused-ring (bicyclic) bond motifs is 1. The maximum Gasteiger partial charge on any atom is 0.136 e. The number of pyridine rings is 1. The van der Waals surface area contributed by atoms with Gasteiger partial charge >= 0.3 is 0 Å². The van der Waals surface area contributed by atoms with E-state index in [1.54, 1.807) is 18.3 Å². The van der Waals surface area contributed by atoms with Crippen LogP contribution in [0.4, 0.5) is 4.39 Å². The van der Waals surface area contributed by atoms with E-state index < -0.39 is 0 Å². The average Bonchev–Trinajstić information content (AvgIpc) is 2.96. The van der Waals surface area contributed by atoms with E-state index >= 15 is 0 Å². The molecule has 0 bridgehead atoms. The van der Waals surface area contributed by atoms with Gasteiger partial charge in [0.15, 0.2) is 0 Å². The highest BCUT2D eigenvalue weighted by molar-refractivity contribution is 5.80. The second-order valence-electron chi connectivity index (χ2n) is 5.34. The van der Waals surface area contributed by atoms with Gasteiger partial charge in [-0.15, -0.1) is 0 Å². The number of halogens is 1. The molecule has 0 atom stereocenters. The Kier molecular flexibility index (Phi) is 3.12. The zero-order valence-electron chi connectivity index (χ0n) is 12.4. The van der Waals surface area contributed by atoms with Crippen molar-refractivity contribution in [3.05, 3.63) is 72.8 Å². The second-order valence-corrected chi connectivity index (χ2v) is 5.34. The number of imidazole rings is 1. The van der Waals surface area contributed by atoms with E-state index in [2.05, 4.69) is 15.0 Å². The molecule has 0 spiro atoms. The van der Waals surface area contributed by atoms with Crippen LogP contribution in [0.2, 0.25) is 0 Å². The molecule has 4 aromatic rings. The van der Waals surface area contributed by atoms with E-state index in [0.717, 1.165) is 33.7 Å². The standard InChI is InChI=1S/C18H13FN4/c1-12-8-21-17-7-4-14(10-23(12)17)18-16(9-20-11-22-18)13-2-5-15(19)6-3-13/h2-11H,1H3. The highest BCUT2D eigenvalue weighted by Gasteiger charge is 2.11. The zero-order chi connectivity index (χ0) is 15.8. The lowest BCUT2D eigenvalue weighted by Crippen LogP contribution is -1.94. The number of hydrogen-bond acceptors (Lipinski definition) is 3. The third kappa shape index (κ3) is 2.36. The maximum atomic E-state index is 13.2. The first-order chi connectivity index (χ1) is 11.2. The number of aryl methyl sites for hydroxylation is 1. The summed E-state index contributed by atoms with van der Waals surface area (Å²) in [6, 6.07) is 10.3. The van der Waals surface area contributed by atoms with Crippen LogP contribution in [0.1, 0.15) is 5.69 Å². The lowest BCUT2D eigenvalue weighted by Gasteiger charge is -2.09. The van der Waals surface area contributed by atoms with Crippen molar-refractivity contribution >= 4 is 5.65 Å². The van der Waals surface area contributed by atoms with Gasteiger partial charge in [-0.2, -0.15) is 0 Å². The molecular weight excluding hydrogens is 291 g/mol. The van der Waals surface area contributed by atoms with E-state index in [4.69, 9.17) is 0 Å². The molecule has 0 unspecified atom stereocenters. The van der Waals surface area contributed by atoms with Gasteiger partial charge in [0.25, 0.3) is 0 Å². The summed E-state index contributed by atoms with van der Waals surface area (Å²) in [5.41, 5.74) is 5.46. The van der Waals surface area contributed by atoms with Crippen LogP contribution in [-0.2, 0) is 0 Å². The topological polar surface area (TPSA) is 43.1 Å². The minimum atomic E-state index is -0.261. The van der Waals surface area contributed by atoms with Gasteiger partial charge in [0.05, 0.1) is 5.69 Å². The predicted molar refractivity (Wildman–Crippen MR) is 86.3 cm³/mol. The van der Waals surface area contributed by atoms with Crippen LogP contribution in [0.3, 0.4) is 0 Å². The summed E-state index contributed by atoms with van der Waals surface area (Å²) in [4.78, 5) is 12.9. The molecule has 1 aromatic carbocycles. The molecule has 0 amide bonds. The normalized spacial score (nSPS) is 11.0. The van der Waals surface area contributed by atoms with Crippen LogP contribution in [0.25, 0.3) is 28.0 Å². The molecule has 0 N–H and O–H groups in total. The summed E-state index contributed by atoms with van der Waals surface area (Å²) >= 11 is 0. The van der Waals surface area contributed by atoms with E-state index in [-0.39, 0.29) is 5.82 Å². The highest BCUT2D eigenvalue weighted by atomic mass is 19.1. The molecule has 4 nitrogen and oxygen atoms in total. The van der Waals surface area contributed by atoms with Crippen molar-refractivity contribution in [3.63, 3.8) is 0 Å². The van der Waals surface area contributed by atoms with Crippen molar-refractivity contribution in [2.75, 3.05) is 0 Å². The molecule has 4 rings (SSSR count). The van der Waals surface area contributed by atoms with E-state index in [9.17, 15) is 4.39 Å². The lowest BCUT2D eigenvalue weighted by molar-refractivity contribution is 0.628. The molecular formula is C18H13FN4. The van der Waals surface area contributed by atoms with Gasteiger partial charge in [-0.05, 0) is 36.8 Å². The van der Waals surface area contributed by atoms with Crippen molar-refractivity contribution in [2.45, 2.75) is 6.92 Å². The van der Waals surface area contributed by atoms with Gasteiger partial charge in [0.2, 0.25) is 0 Å². The van der Waals surface area contributed by atoms with Crippen LogP contribution in [-0.4, -0.2) is 19.4 Å². The van der Waals surface area contributed by atoms with Crippen LogP contribution in [0.5, 0.6) is 0 Å². The Labute approximate surface area is 132 Å². The van der Waals surface area contributed by atoms with Crippen LogP contribution < -0.4 is 0 Å². The van der Waals surface area contributed by atoms with Gasteiger partial charge in [-0.25, -0.2) is 19.3 Å². The Hall–Kier alpha value is -3.08. The number of benzene rings is 1. The zero-order valence-corrected chi connectivity index (χ0v) is 12.4. The minimum Gasteiger partial charge on any atom is -0.304 e. The second kappa shape index (κ2) is 5.28. The van der Waals surface area contributed by atoms with Gasteiger partial charge < -0.3 is 4.40 Å². The Balaban J connectivity index is 1.90. The predicted octanol–water partition coefficient (Wildman–Crippen LogP) is 3.91. The number of nitrogens with zero attached hydrogens (tertiary/aromatic N) is 4. The quantitative estimate of drug-likeness (QED) is 0.564. The van der Waals surface area contributed by atoms with Crippen LogP contribution in [0.15, 0.2) is 61.3 Å². The molecule has 112 valence electrons. The summed E-state index contributed by atoms with van der Waals surface area (Å²) < 4.78 is 15.2. The fourth-order valence-corrected chi connectivity index (χ4v) is 2.64. The van der Waals surface area contributed by atoms with Gasteiger partial charge in [0.1, 0.15) is 17.8 Å². The third-order valence-corrected chi connectivity index (χ3v) is 3.83. The fourth-order valence-electron chi connectivity index (χ4n) is 2.64. The van der Waals surface area contributed by atoms with Crippen molar-refractivity contribution in [1.29, 1.82) is 0 Å². The minimum absolute atomic E-state index is 0.261. The van der Waals surface area contributed by atoms with E-state index in [0.29, 0.717) is 0 Å². The Morgan fingerprint density at radius 3 is 2.52 bits per heavy atom. The highest BCUT2D eigenvalue weighted by Crippen LogP contribution is 2.29. The molecule has 23 heavy (non-hydrogen) atoms. The first-order valence-corrected chi connectivity index (χ1v) is 7.22. The molecule has 0 fully saturated rings. The summed E-state index contributed by atoms with van der Waals surface area (Å²) in [5.74, 6) is -0.261. The smallest absolute Gasteiger partial charge is 0.136 e. The third-order valence-electron chi connectivity index (χ3n) is 3.83. The Morgan fingerprint density at radius 1 is 0.913 bits per heavy atom. The summed E-state index contributed by atoms with van der Waals surface area (Å²) in [7, 11) is 0. The van der Waals surface area contributed by atoms with Crippen LogP contribution in [0, 0.1) is 12.7 Å². The average molecular weight is 304 g/mol. The SMILES string of the molecule is Cc1cnc2ccc(-c3ncncc3-c3ccc(F)cc3)cn12. The maximum absolute atomic E-state index is 13.2. The molecule has 0 radical (unpaired) electrons. The largest absolute Gasteiger partial charge is 0.304 e. The first kappa shape index (κ1) is 13.6. The number of rotatable bonds is 2. The molecule has 0 aliphatic heterocycles. The van der Waals surface area contributed by atoms with Crippen molar-refractivity contribution in [2.24, 2.45) is 0 Å². The Bertz CT molecular complexity index is 990. The molecule has 0 aliphatic rings. The number of aromatic nitrogens is 4. The molecule has 0 aliphatic carbocycles. The Morgan fingerprint density at radius 2 is 1.70 bits per heavy atom. The molecule has 0 saturated carbocycles. The van der Waals surface area contributed by atoms with Crippen LogP contribution >= 0.6 is 0 Å². The molecule has 3 heterocycles. The van der Waals surface area contributed by atoms with Gasteiger partial charge in [-0.1, -0.05) is 12.1 Å². The number of hydrogen-bond donors (Lipinski definition) is 0. The first-order valence-electron chi connectivity index (χ1n) is 7.22. The lowest BCUT2D eigenvalue weighted by atomic mass is 10.0. The van der Waals surface area contributed by atoms with Crippen molar-refractivity contribution in [1.82, 2.24) is 19.4 Å². The summed E-state index contributed by atoms with van der Waals surface area (Å²) in [6.07, 6.45) is 7.11. The monoisotopic (exact) mass is 304 g/mol. The summed E-state index contributed by atoms with van der Waals surface area (Å²) in [6.45, 7) is 2.00. The molecule has 0 saturated heterocycles. The molecule has 3 aromatic heterocycles. The fraction of sp³-hybridized carbons (Fsp3) is 0.0556. The van der Waals surface area contributed by atoms with Crippen molar-refractivity contribution < 1.29 is 4.39 Å². The van der Waals surface area contributed by atoms with Crippen molar-refractivity contribution in [3.8, 4) is 22.4 Å². The van der Waals surface area contributed by atoms with Gasteiger partial charge in [0, 0.05) is 35.4 Å². The molecule has 5 heteroatoms. The van der Waals surface area contributed by atoms with E-state index in [1.165, 1.54) is 18.5 Å². The van der Waals surface area contributed by atoms with Gasteiger partial charge in [-0.3, -0.25) is 0 Å². The summed E-state index contributed by atoms with van der Waals surface area (Å²) in [5, 5.41) is 0. The van der Waals surface area contributed by atoms with E-state index in [1.807, 2.05) is 35.9 Å².